The lowest BCUT2D eigenvalue weighted by Crippen LogP contribution is -2.44. The lowest BCUT2D eigenvalue weighted by molar-refractivity contribution is -0.0130. The maximum absolute atomic E-state index is 5.99. The molecule has 1 heterocycles. The van der Waals surface area contributed by atoms with Gasteiger partial charge < -0.3 is 15.2 Å². The number of nitrogens with two attached hydrogens (primary N) is 1. The summed E-state index contributed by atoms with van der Waals surface area (Å²) < 4.78 is 11.1. The van der Waals surface area contributed by atoms with Gasteiger partial charge in [-0.3, -0.25) is 4.90 Å². The average molecular weight is 278 g/mol. The predicted octanol–water partition coefficient (Wildman–Crippen LogP) is 2.33. The first kappa shape index (κ1) is 15.3. The van der Waals surface area contributed by atoms with Crippen LogP contribution < -0.4 is 10.5 Å². The Hall–Kier alpha value is -1.10. The zero-order valence-electron chi connectivity index (χ0n) is 12.8. The third-order valence-electron chi connectivity index (χ3n) is 4.02. The number of hydrogen-bond donors (Lipinski definition) is 1. The summed E-state index contributed by atoms with van der Waals surface area (Å²) in [6.45, 7) is 7.73. The van der Waals surface area contributed by atoms with Crippen LogP contribution in [0.5, 0.6) is 5.75 Å². The van der Waals surface area contributed by atoms with Crippen molar-refractivity contribution in [1.82, 2.24) is 4.90 Å². The van der Waals surface area contributed by atoms with E-state index >= 15 is 0 Å². The molecule has 0 bridgehead atoms. The van der Waals surface area contributed by atoms with Crippen molar-refractivity contribution in [2.45, 2.75) is 38.9 Å². The van der Waals surface area contributed by atoms with Crippen LogP contribution in [-0.2, 0) is 11.3 Å². The molecule has 1 aromatic rings. The summed E-state index contributed by atoms with van der Waals surface area (Å²) in [5.74, 6) is 0.941. The monoisotopic (exact) mass is 278 g/mol. The molecule has 0 aliphatic carbocycles. The molecule has 0 radical (unpaired) electrons. The van der Waals surface area contributed by atoms with Crippen molar-refractivity contribution in [2.24, 2.45) is 5.73 Å². The van der Waals surface area contributed by atoms with Crippen molar-refractivity contribution in [3.8, 4) is 5.75 Å². The summed E-state index contributed by atoms with van der Waals surface area (Å²) in [4.78, 5) is 2.48. The molecule has 1 fully saturated rings. The molecule has 2 atom stereocenters. The van der Waals surface area contributed by atoms with Crippen molar-refractivity contribution in [3.05, 3.63) is 29.3 Å². The fourth-order valence-corrected chi connectivity index (χ4v) is 2.70. The molecule has 4 nitrogen and oxygen atoms in total. The number of hydrogen-bond acceptors (Lipinski definition) is 4. The molecule has 2 unspecified atom stereocenters. The minimum atomic E-state index is 0.0475. The van der Waals surface area contributed by atoms with Crippen molar-refractivity contribution < 1.29 is 9.47 Å². The smallest absolute Gasteiger partial charge is 0.123 e. The molecule has 112 valence electrons. The predicted molar refractivity (Wildman–Crippen MR) is 80.9 cm³/mol. The van der Waals surface area contributed by atoms with Crippen LogP contribution in [0.4, 0.5) is 0 Å². The lowest BCUT2D eigenvalue weighted by Gasteiger charge is -2.35. The number of nitrogens with zero attached hydrogens (tertiary/aromatic N) is 1. The van der Waals surface area contributed by atoms with Crippen LogP contribution in [0.25, 0.3) is 0 Å². The van der Waals surface area contributed by atoms with Crippen molar-refractivity contribution in [1.29, 1.82) is 0 Å². The van der Waals surface area contributed by atoms with E-state index in [1.807, 2.05) is 19.1 Å². The van der Waals surface area contributed by atoms with E-state index in [4.69, 9.17) is 15.2 Å². The van der Waals surface area contributed by atoms with Gasteiger partial charge in [0.15, 0.2) is 0 Å². The van der Waals surface area contributed by atoms with Gasteiger partial charge in [0, 0.05) is 30.7 Å². The summed E-state index contributed by atoms with van der Waals surface area (Å²) >= 11 is 0. The Bertz CT molecular complexity index is 434. The van der Waals surface area contributed by atoms with Crippen LogP contribution in [0.3, 0.4) is 0 Å². The van der Waals surface area contributed by atoms with E-state index < -0.39 is 0 Å². The maximum Gasteiger partial charge on any atom is 0.123 e. The largest absolute Gasteiger partial charge is 0.496 e. The molecule has 1 aromatic carbocycles. The van der Waals surface area contributed by atoms with Crippen LogP contribution in [0.2, 0.25) is 0 Å². The van der Waals surface area contributed by atoms with E-state index in [0.717, 1.165) is 44.0 Å². The highest BCUT2D eigenvalue weighted by Crippen LogP contribution is 2.25. The van der Waals surface area contributed by atoms with Crippen LogP contribution in [0, 0.1) is 0 Å². The molecule has 0 saturated carbocycles. The van der Waals surface area contributed by atoms with Gasteiger partial charge in [0.1, 0.15) is 5.75 Å². The number of rotatable bonds is 5. The highest BCUT2D eigenvalue weighted by atomic mass is 16.5. The molecule has 2 rings (SSSR count). The van der Waals surface area contributed by atoms with Crippen molar-refractivity contribution in [2.75, 3.05) is 26.9 Å². The van der Waals surface area contributed by atoms with Gasteiger partial charge in [0.2, 0.25) is 0 Å². The van der Waals surface area contributed by atoms with Crippen LogP contribution in [0.15, 0.2) is 18.2 Å². The SMILES string of the molecule is CCC1COCCN1Cc1cc(C(C)N)ccc1OC. The summed E-state index contributed by atoms with van der Waals surface area (Å²) in [7, 11) is 1.72. The van der Waals surface area contributed by atoms with Gasteiger partial charge in [-0.05, 0) is 31.0 Å². The molecule has 1 aliphatic heterocycles. The Balaban J connectivity index is 2.19. The van der Waals surface area contributed by atoms with Crippen molar-refractivity contribution in [3.63, 3.8) is 0 Å². The molecule has 2 N–H and O–H groups in total. The van der Waals surface area contributed by atoms with E-state index in [-0.39, 0.29) is 6.04 Å². The normalized spacial score (nSPS) is 21.7. The van der Waals surface area contributed by atoms with E-state index in [1.54, 1.807) is 7.11 Å². The highest BCUT2D eigenvalue weighted by molar-refractivity contribution is 5.38. The summed E-state index contributed by atoms with van der Waals surface area (Å²) in [6.07, 6.45) is 1.11. The zero-order valence-corrected chi connectivity index (χ0v) is 12.8. The summed E-state index contributed by atoms with van der Waals surface area (Å²) in [5.41, 5.74) is 8.35. The summed E-state index contributed by atoms with van der Waals surface area (Å²) in [5, 5.41) is 0. The fourth-order valence-electron chi connectivity index (χ4n) is 2.70. The van der Waals surface area contributed by atoms with E-state index in [2.05, 4.69) is 17.9 Å². The molecule has 0 amide bonds. The van der Waals surface area contributed by atoms with Crippen molar-refractivity contribution >= 4 is 0 Å². The molecule has 1 saturated heterocycles. The van der Waals surface area contributed by atoms with E-state index in [1.165, 1.54) is 5.56 Å². The minimum absolute atomic E-state index is 0.0475. The second-order valence-corrected chi connectivity index (χ2v) is 5.47. The topological polar surface area (TPSA) is 47.7 Å². The van der Waals surface area contributed by atoms with Gasteiger partial charge in [-0.2, -0.15) is 0 Å². The minimum Gasteiger partial charge on any atom is -0.496 e. The Kier molecular flexibility index (Phi) is 5.40. The Morgan fingerprint density at radius 1 is 1.50 bits per heavy atom. The molecule has 4 heteroatoms. The molecule has 0 aromatic heterocycles. The molecule has 1 aliphatic rings. The van der Waals surface area contributed by atoms with E-state index in [9.17, 15) is 0 Å². The Morgan fingerprint density at radius 2 is 2.30 bits per heavy atom. The molecular weight excluding hydrogens is 252 g/mol. The van der Waals surface area contributed by atoms with Gasteiger partial charge in [-0.25, -0.2) is 0 Å². The van der Waals surface area contributed by atoms with Crippen LogP contribution >= 0.6 is 0 Å². The third kappa shape index (κ3) is 3.51. The van der Waals surface area contributed by atoms with Gasteiger partial charge in [-0.1, -0.05) is 13.0 Å². The molecule has 20 heavy (non-hydrogen) atoms. The van der Waals surface area contributed by atoms with Crippen LogP contribution in [-0.4, -0.2) is 37.8 Å². The fraction of sp³-hybridized carbons (Fsp3) is 0.625. The van der Waals surface area contributed by atoms with Gasteiger partial charge in [0.25, 0.3) is 0 Å². The first-order valence-electron chi connectivity index (χ1n) is 7.39. The highest BCUT2D eigenvalue weighted by Gasteiger charge is 2.22. The third-order valence-corrected chi connectivity index (χ3v) is 4.02. The zero-order chi connectivity index (χ0) is 14.5. The first-order chi connectivity index (χ1) is 9.65. The number of methoxy groups -OCH3 is 1. The average Bonchev–Trinajstić information content (AvgIpc) is 2.47. The quantitative estimate of drug-likeness (QED) is 0.898. The number of morpholine rings is 1. The number of benzene rings is 1. The Labute approximate surface area is 121 Å². The second kappa shape index (κ2) is 7.07. The maximum atomic E-state index is 5.99. The van der Waals surface area contributed by atoms with Gasteiger partial charge in [-0.15, -0.1) is 0 Å². The summed E-state index contributed by atoms with van der Waals surface area (Å²) in [6, 6.07) is 6.78. The Morgan fingerprint density at radius 3 is 2.95 bits per heavy atom. The lowest BCUT2D eigenvalue weighted by atomic mass is 10.0. The van der Waals surface area contributed by atoms with E-state index in [0.29, 0.717) is 6.04 Å². The number of ether oxygens (including phenoxy) is 2. The van der Waals surface area contributed by atoms with Gasteiger partial charge in [0.05, 0.1) is 20.3 Å². The molecule has 0 spiro atoms. The second-order valence-electron chi connectivity index (χ2n) is 5.47. The first-order valence-corrected chi connectivity index (χ1v) is 7.39. The van der Waals surface area contributed by atoms with Gasteiger partial charge >= 0.3 is 0 Å². The van der Waals surface area contributed by atoms with Crippen LogP contribution in [0.1, 0.15) is 37.4 Å². The molecular formula is C16H26N2O2. The standard InChI is InChI=1S/C16H26N2O2/c1-4-15-11-20-8-7-18(15)10-14-9-13(12(2)17)5-6-16(14)19-3/h5-6,9,12,15H,4,7-8,10-11,17H2,1-3H3.